The lowest BCUT2D eigenvalue weighted by molar-refractivity contribution is 0.182. The number of nitrogens with zero attached hydrogens (tertiary/aromatic N) is 1. The summed E-state index contributed by atoms with van der Waals surface area (Å²) in [5.74, 6) is 0.693. The van der Waals surface area contributed by atoms with E-state index < -0.39 is 10.8 Å². The summed E-state index contributed by atoms with van der Waals surface area (Å²) in [6.07, 6.45) is 7.72. The largest absolute Gasteiger partial charge is 0.322 e. The molecule has 2 amide bonds. The van der Waals surface area contributed by atoms with Crippen molar-refractivity contribution in [2.75, 3.05) is 18.1 Å². The van der Waals surface area contributed by atoms with Crippen molar-refractivity contribution in [1.82, 2.24) is 4.90 Å². The van der Waals surface area contributed by atoms with Crippen LogP contribution in [-0.4, -0.2) is 34.0 Å². The molecule has 1 aromatic rings. The van der Waals surface area contributed by atoms with Gasteiger partial charge in [0.05, 0.1) is 0 Å². The number of carbonyl (C=O) groups excluding carboxylic acids is 1. The van der Waals surface area contributed by atoms with E-state index in [0.29, 0.717) is 12.0 Å². The van der Waals surface area contributed by atoms with Crippen LogP contribution in [0, 0.1) is 5.92 Å². The minimum absolute atomic E-state index is 0.0107. The Bertz CT molecular complexity index is 561. The Morgan fingerprint density at radius 3 is 2.90 bits per heavy atom. The number of hydrogen-bond donors (Lipinski definition) is 1. The minimum Gasteiger partial charge on any atom is -0.321 e. The monoisotopic (exact) mass is 306 g/mol. The second-order valence-electron chi connectivity index (χ2n) is 6.01. The van der Waals surface area contributed by atoms with Crippen molar-refractivity contribution < 1.29 is 9.00 Å². The average molecular weight is 306 g/mol. The molecule has 3 atom stereocenters. The van der Waals surface area contributed by atoms with Crippen molar-refractivity contribution in [3.8, 4) is 0 Å². The Kier molecular flexibility index (Phi) is 4.29. The van der Waals surface area contributed by atoms with Crippen molar-refractivity contribution in [1.29, 1.82) is 0 Å². The van der Waals surface area contributed by atoms with Gasteiger partial charge in [-0.1, -0.05) is 18.9 Å². The molecule has 0 bridgehead atoms. The maximum Gasteiger partial charge on any atom is 0.322 e. The smallest absolute Gasteiger partial charge is 0.321 e. The van der Waals surface area contributed by atoms with E-state index >= 15 is 0 Å². The average Bonchev–Trinajstić information content (AvgIpc) is 2.91. The highest BCUT2D eigenvalue weighted by Gasteiger charge is 2.38. The van der Waals surface area contributed by atoms with Gasteiger partial charge in [0, 0.05) is 40.2 Å². The number of hydrogen-bond acceptors (Lipinski definition) is 2. The molecule has 114 valence electrons. The summed E-state index contributed by atoms with van der Waals surface area (Å²) in [4.78, 5) is 15.2. The summed E-state index contributed by atoms with van der Waals surface area (Å²) in [5.41, 5.74) is 0.729. The number of nitrogens with one attached hydrogen (secondary N) is 1. The zero-order chi connectivity index (χ0) is 14.8. The van der Waals surface area contributed by atoms with Gasteiger partial charge in [0.2, 0.25) is 0 Å². The fraction of sp³-hybridized carbons (Fsp3) is 0.562. The Morgan fingerprint density at radius 1 is 1.29 bits per heavy atom. The second kappa shape index (κ2) is 6.18. The van der Waals surface area contributed by atoms with Crippen LogP contribution in [0.25, 0.3) is 0 Å². The van der Waals surface area contributed by atoms with Crippen LogP contribution in [0.5, 0.6) is 0 Å². The van der Waals surface area contributed by atoms with Gasteiger partial charge >= 0.3 is 6.03 Å². The van der Waals surface area contributed by atoms with E-state index in [4.69, 9.17) is 0 Å². The summed E-state index contributed by atoms with van der Waals surface area (Å²) in [6.45, 7) is 0.862. The zero-order valence-electron chi connectivity index (χ0n) is 12.4. The van der Waals surface area contributed by atoms with Gasteiger partial charge in [-0.25, -0.2) is 4.79 Å². The van der Waals surface area contributed by atoms with Crippen molar-refractivity contribution >= 4 is 22.5 Å². The summed E-state index contributed by atoms with van der Waals surface area (Å²) in [6, 6.07) is 7.70. The number of amides is 2. The lowest BCUT2D eigenvalue weighted by Crippen LogP contribution is -2.41. The van der Waals surface area contributed by atoms with Gasteiger partial charge in [-0.05, 0) is 43.4 Å². The molecule has 4 nitrogen and oxygen atoms in total. The Balaban J connectivity index is 1.69. The number of rotatable bonds is 2. The zero-order valence-corrected chi connectivity index (χ0v) is 13.2. The van der Waals surface area contributed by atoms with E-state index in [1.54, 1.807) is 12.3 Å². The van der Waals surface area contributed by atoms with Gasteiger partial charge in [-0.3, -0.25) is 4.21 Å². The molecule has 5 heteroatoms. The summed E-state index contributed by atoms with van der Waals surface area (Å²) in [5, 5.41) is 2.96. The number of anilines is 1. The first kappa shape index (κ1) is 14.6. The molecular formula is C16H22N2O2S. The quantitative estimate of drug-likeness (QED) is 0.912. The number of fused-ring (bicyclic) bond motifs is 1. The number of likely N-dealkylation sites (tertiary alicyclic amines) is 1. The van der Waals surface area contributed by atoms with Crippen molar-refractivity contribution in [3.63, 3.8) is 0 Å². The van der Waals surface area contributed by atoms with Gasteiger partial charge < -0.3 is 10.2 Å². The summed E-state index contributed by atoms with van der Waals surface area (Å²) in [7, 11) is -1.03. The first-order valence-electron chi connectivity index (χ1n) is 7.66. The fourth-order valence-electron chi connectivity index (χ4n) is 3.61. The third kappa shape index (κ3) is 3.12. The molecule has 1 saturated carbocycles. The molecule has 1 aliphatic carbocycles. The van der Waals surface area contributed by atoms with E-state index in [1.807, 2.05) is 23.1 Å². The lowest BCUT2D eigenvalue weighted by Gasteiger charge is -2.31. The molecule has 1 aromatic carbocycles. The first-order chi connectivity index (χ1) is 10.1. The van der Waals surface area contributed by atoms with E-state index in [2.05, 4.69) is 5.32 Å². The van der Waals surface area contributed by atoms with E-state index in [1.165, 1.54) is 19.3 Å². The van der Waals surface area contributed by atoms with Crippen LogP contribution >= 0.6 is 0 Å². The van der Waals surface area contributed by atoms with Crippen molar-refractivity contribution in [2.24, 2.45) is 5.92 Å². The predicted molar refractivity (Wildman–Crippen MR) is 84.9 cm³/mol. The molecule has 21 heavy (non-hydrogen) atoms. The van der Waals surface area contributed by atoms with Gasteiger partial charge in [0.15, 0.2) is 0 Å². The number of urea groups is 1. The second-order valence-corrected chi connectivity index (χ2v) is 7.39. The molecule has 1 aliphatic heterocycles. The van der Waals surface area contributed by atoms with Crippen LogP contribution in [0.4, 0.5) is 10.5 Å². The SMILES string of the molecule is C[S@](=O)c1cccc(NC(=O)N2CC[C@@H]3CCCC[C@H]32)c1. The van der Waals surface area contributed by atoms with Crippen LogP contribution in [0.3, 0.4) is 0 Å². The van der Waals surface area contributed by atoms with Crippen LogP contribution in [0.1, 0.15) is 32.1 Å². The normalized spacial score (nSPS) is 26.2. The summed E-state index contributed by atoms with van der Waals surface area (Å²) < 4.78 is 11.5. The summed E-state index contributed by atoms with van der Waals surface area (Å²) >= 11 is 0. The lowest BCUT2D eigenvalue weighted by atomic mass is 9.85. The molecule has 0 spiro atoms. The fourth-order valence-corrected chi connectivity index (χ4v) is 4.17. The molecule has 2 aliphatic rings. The third-order valence-corrected chi connectivity index (χ3v) is 5.61. The molecule has 1 heterocycles. The van der Waals surface area contributed by atoms with Gasteiger partial charge in [-0.2, -0.15) is 0 Å². The molecule has 0 aromatic heterocycles. The molecule has 1 N–H and O–H groups in total. The molecular weight excluding hydrogens is 284 g/mol. The highest BCUT2D eigenvalue weighted by molar-refractivity contribution is 7.84. The maximum atomic E-state index is 12.5. The molecule has 2 fully saturated rings. The van der Waals surface area contributed by atoms with E-state index in [0.717, 1.165) is 30.0 Å². The third-order valence-electron chi connectivity index (χ3n) is 4.69. The van der Waals surface area contributed by atoms with Crippen LogP contribution in [0.2, 0.25) is 0 Å². The Labute approximate surface area is 128 Å². The topological polar surface area (TPSA) is 49.4 Å². The standard InChI is InChI=1S/C16H22N2O2S/c1-21(20)14-7-4-6-13(11-14)17-16(19)18-10-9-12-5-2-3-8-15(12)18/h4,6-7,11-12,15H,2-3,5,8-10H2,1H3,(H,17,19)/t12-,15+,21-/m0/s1. The van der Waals surface area contributed by atoms with E-state index in [9.17, 15) is 9.00 Å². The van der Waals surface area contributed by atoms with Gasteiger partial charge in [-0.15, -0.1) is 0 Å². The Morgan fingerprint density at radius 2 is 2.10 bits per heavy atom. The van der Waals surface area contributed by atoms with E-state index in [-0.39, 0.29) is 6.03 Å². The van der Waals surface area contributed by atoms with Crippen LogP contribution < -0.4 is 5.32 Å². The van der Waals surface area contributed by atoms with Gasteiger partial charge in [0.1, 0.15) is 0 Å². The molecule has 3 rings (SSSR count). The van der Waals surface area contributed by atoms with Crippen LogP contribution in [-0.2, 0) is 10.8 Å². The molecule has 0 unspecified atom stereocenters. The maximum absolute atomic E-state index is 12.5. The minimum atomic E-state index is -1.03. The first-order valence-corrected chi connectivity index (χ1v) is 9.22. The predicted octanol–water partition coefficient (Wildman–Crippen LogP) is 3.22. The van der Waals surface area contributed by atoms with Crippen molar-refractivity contribution in [2.45, 2.75) is 43.0 Å². The molecule has 0 radical (unpaired) electrons. The number of benzene rings is 1. The number of carbonyl (C=O) groups is 1. The van der Waals surface area contributed by atoms with Crippen molar-refractivity contribution in [3.05, 3.63) is 24.3 Å². The Hall–Kier alpha value is -1.36. The highest BCUT2D eigenvalue weighted by Crippen LogP contribution is 2.36. The highest BCUT2D eigenvalue weighted by atomic mass is 32.2. The van der Waals surface area contributed by atoms with Gasteiger partial charge in [0.25, 0.3) is 0 Å². The molecule has 1 saturated heterocycles. The van der Waals surface area contributed by atoms with Crippen LogP contribution in [0.15, 0.2) is 29.2 Å².